The second kappa shape index (κ2) is 5.95. The molecule has 0 amide bonds. The van der Waals surface area contributed by atoms with Crippen LogP contribution in [0.3, 0.4) is 0 Å². The molecule has 0 bridgehead atoms. The fourth-order valence-electron chi connectivity index (χ4n) is 3.22. The molecule has 3 rings (SSSR count). The lowest BCUT2D eigenvalue weighted by Gasteiger charge is -2.30. The normalized spacial score (nSPS) is 19.4. The van der Waals surface area contributed by atoms with Crippen molar-refractivity contribution in [2.75, 3.05) is 11.4 Å². The van der Waals surface area contributed by atoms with Gasteiger partial charge in [-0.3, -0.25) is 0 Å². The number of anilines is 1. The van der Waals surface area contributed by atoms with Gasteiger partial charge < -0.3 is 10.0 Å². The third-order valence-corrected chi connectivity index (χ3v) is 5.47. The molecule has 0 aliphatic heterocycles. The van der Waals surface area contributed by atoms with Crippen molar-refractivity contribution in [3.05, 3.63) is 10.6 Å². The van der Waals surface area contributed by atoms with Gasteiger partial charge in [0.05, 0.1) is 5.69 Å². The fourth-order valence-corrected chi connectivity index (χ4v) is 4.29. The van der Waals surface area contributed by atoms with Crippen molar-refractivity contribution in [1.29, 1.82) is 0 Å². The standard InChI is InChI=1S/C16H24N2O2S/c1-10(2)9-18(12-5-3-4-6-12)16-17-13(11-7-8-11)14(21-16)15(19)20/h10-12H,3-9H2,1-2H3,(H,19,20). The number of thiazole rings is 1. The topological polar surface area (TPSA) is 53.4 Å². The van der Waals surface area contributed by atoms with Crippen LogP contribution in [0, 0.1) is 5.92 Å². The Hall–Kier alpha value is -1.10. The van der Waals surface area contributed by atoms with E-state index >= 15 is 0 Å². The van der Waals surface area contributed by atoms with Crippen molar-refractivity contribution in [3.8, 4) is 0 Å². The molecule has 1 heterocycles. The molecule has 21 heavy (non-hydrogen) atoms. The first-order valence-electron chi connectivity index (χ1n) is 8.07. The van der Waals surface area contributed by atoms with E-state index in [1.165, 1.54) is 37.0 Å². The van der Waals surface area contributed by atoms with Crippen LogP contribution in [0.1, 0.15) is 73.7 Å². The Balaban J connectivity index is 1.90. The smallest absolute Gasteiger partial charge is 0.347 e. The van der Waals surface area contributed by atoms with Crippen molar-refractivity contribution >= 4 is 22.4 Å². The lowest BCUT2D eigenvalue weighted by atomic mass is 10.1. The first-order chi connectivity index (χ1) is 10.1. The zero-order valence-electron chi connectivity index (χ0n) is 12.8. The average molecular weight is 308 g/mol. The third kappa shape index (κ3) is 3.23. The summed E-state index contributed by atoms with van der Waals surface area (Å²) in [5.74, 6) is 0.147. The van der Waals surface area contributed by atoms with E-state index in [1.54, 1.807) is 0 Å². The monoisotopic (exact) mass is 308 g/mol. The Labute approximate surface area is 130 Å². The fraction of sp³-hybridized carbons (Fsp3) is 0.750. The molecular formula is C16H24N2O2S. The van der Waals surface area contributed by atoms with Crippen LogP contribution in [0.2, 0.25) is 0 Å². The summed E-state index contributed by atoms with van der Waals surface area (Å²) in [6.45, 7) is 5.41. The lowest BCUT2D eigenvalue weighted by molar-refractivity contribution is 0.0700. The predicted octanol–water partition coefficient (Wildman–Crippen LogP) is 4.12. The van der Waals surface area contributed by atoms with Gasteiger partial charge in [-0.05, 0) is 31.6 Å². The van der Waals surface area contributed by atoms with Gasteiger partial charge in [-0.25, -0.2) is 9.78 Å². The van der Waals surface area contributed by atoms with E-state index in [0.29, 0.717) is 22.8 Å². The number of aromatic carboxylic acids is 1. The van der Waals surface area contributed by atoms with Crippen LogP contribution in [0.5, 0.6) is 0 Å². The largest absolute Gasteiger partial charge is 0.477 e. The zero-order chi connectivity index (χ0) is 15.0. The molecule has 2 aliphatic carbocycles. The van der Waals surface area contributed by atoms with E-state index in [4.69, 9.17) is 4.98 Å². The molecule has 0 atom stereocenters. The summed E-state index contributed by atoms with van der Waals surface area (Å²) < 4.78 is 0. The van der Waals surface area contributed by atoms with Gasteiger partial charge >= 0.3 is 5.97 Å². The SMILES string of the molecule is CC(C)CN(c1nc(C2CC2)c(C(=O)O)s1)C1CCCC1. The number of carbonyl (C=O) groups is 1. The number of aromatic nitrogens is 1. The van der Waals surface area contributed by atoms with Crippen molar-refractivity contribution in [3.63, 3.8) is 0 Å². The third-order valence-electron chi connectivity index (χ3n) is 4.37. The van der Waals surface area contributed by atoms with Crippen LogP contribution in [0.25, 0.3) is 0 Å². The van der Waals surface area contributed by atoms with Gasteiger partial charge in [0.15, 0.2) is 5.13 Å². The van der Waals surface area contributed by atoms with E-state index in [9.17, 15) is 9.90 Å². The van der Waals surface area contributed by atoms with Crippen LogP contribution in [-0.4, -0.2) is 28.6 Å². The second-order valence-corrected chi connectivity index (χ2v) is 7.75. The molecule has 2 aliphatic rings. The minimum Gasteiger partial charge on any atom is -0.477 e. The van der Waals surface area contributed by atoms with Crippen LogP contribution < -0.4 is 4.90 Å². The van der Waals surface area contributed by atoms with Gasteiger partial charge in [-0.2, -0.15) is 0 Å². The van der Waals surface area contributed by atoms with Crippen LogP contribution in [0.4, 0.5) is 5.13 Å². The number of rotatable bonds is 6. The van der Waals surface area contributed by atoms with Gasteiger partial charge in [0.25, 0.3) is 0 Å². The first-order valence-corrected chi connectivity index (χ1v) is 8.88. The summed E-state index contributed by atoms with van der Waals surface area (Å²) in [5, 5.41) is 10.4. The van der Waals surface area contributed by atoms with Crippen molar-refractivity contribution in [1.82, 2.24) is 4.98 Å². The average Bonchev–Trinajstić information content (AvgIpc) is 2.97. The van der Waals surface area contributed by atoms with E-state index in [2.05, 4.69) is 18.7 Å². The molecule has 0 saturated heterocycles. The molecule has 0 unspecified atom stereocenters. The molecule has 1 N–H and O–H groups in total. The maximum atomic E-state index is 11.5. The quantitative estimate of drug-likeness (QED) is 0.858. The van der Waals surface area contributed by atoms with Crippen molar-refractivity contribution in [2.24, 2.45) is 5.92 Å². The van der Waals surface area contributed by atoms with Crippen molar-refractivity contribution < 1.29 is 9.90 Å². The molecule has 4 nitrogen and oxygen atoms in total. The predicted molar refractivity (Wildman–Crippen MR) is 85.5 cm³/mol. The van der Waals surface area contributed by atoms with E-state index in [-0.39, 0.29) is 0 Å². The summed E-state index contributed by atoms with van der Waals surface area (Å²) in [6, 6.07) is 0.548. The van der Waals surface area contributed by atoms with Crippen molar-refractivity contribution in [2.45, 2.75) is 64.3 Å². The first kappa shape index (κ1) is 14.8. The molecule has 1 aromatic rings. The molecule has 1 aromatic heterocycles. The highest BCUT2D eigenvalue weighted by Gasteiger charge is 2.34. The lowest BCUT2D eigenvalue weighted by Crippen LogP contribution is -2.36. The minimum absolute atomic E-state index is 0.394. The summed E-state index contributed by atoms with van der Waals surface area (Å²) in [7, 11) is 0. The zero-order valence-corrected chi connectivity index (χ0v) is 13.7. The summed E-state index contributed by atoms with van der Waals surface area (Å²) >= 11 is 1.39. The number of carboxylic acid groups (broad SMARTS) is 1. The summed E-state index contributed by atoms with van der Waals surface area (Å²) in [4.78, 5) is 19.1. The summed E-state index contributed by atoms with van der Waals surface area (Å²) in [6.07, 6.45) is 7.19. The molecule has 0 spiro atoms. The molecule has 2 fully saturated rings. The molecule has 0 aromatic carbocycles. The Kier molecular flexibility index (Phi) is 4.20. The highest BCUT2D eigenvalue weighted by atomic mass is 32.1. The molecule has 2 saturated carbocycles. The highest BCUT2D eigenvalue weighted by Crippen LogP contribution is 2.45. The molecule has 0 radical (unpaired) electrons. The summed E-state index contributed by atoms with van der Waals surface area (Å²) in [5.41, 5.74) is 0.842. The Morgan fingerprint density at radius 3 is 2.52 bits per heavy atom. The van der Waals surface area contributed by atoms with Crippen LogP contribution >= 0.6 is 11.3 Å². The molecular weight excluding hydrogens is 284 g/mol. The van der Waals surface area contributed by atoms with E-state index in [0.717, 1.165) is 30.2 Å². The molecule has 5 heteroatoms. The number of nitrogens with zero attached hydrogens (tertiary/aromatic N) is 2. The minimum atomic E-state index is -0.809. The van der Waals surface area contributed by atoms with Gasteiger partial charge in [0, 0.05) is 18.5 Å². The maximum absolute atomic E-state index is 11.5. The number of hydrogen-bond acceptors (Lipinski definition) is 4. The van der Waals surface area contributed by atoms with E-state index < -0.39 is 5.97 Å². The maximum Gasteiger partial charge on any atom is 0.347 e. The Morgan fingerprint density at radius 1 is 1.33 bits per heavy atom. The van der Waals surface area contributed by atoms with Crippen LogP contribution in [0.15, 0.2) is 0 Å². The van der Waals surface area contributed by atoms with Gasteiger partial charge in [-0.15, -0.1) is 0 Å². The highest BCUT2D eigenvalue weighted by molar-refractivity contribution is 7.17. The number of carboxylic acids is 1. The van der Waals surface area contributed by atoms with Gasteiger partial charge in [0.2, 0.25) is 0 Å². The van der Waals surface area contributed by atoms with E-state index in [1.807, 2.05) is 0 Å². The second-order valence-electron chi connectivity index (χ2n) is 6.77. The molecule has 116 valence electrons. The van der Waals surface area contributed by atoms with Gasteiger partial charge in [-0.1, -0.05) is 38.0 Å². The van der Waals surface area contributed by atoms with Gasteiger partial charge in [0.1, 0.15) is 4.88 Å². The Morgan fingerprint density at radius 2 is 2.00 bits per heavy atom. The Bertz CT molecular complexity index is 516. The van der Waals surface area contributed by atoms with Crippen LogP contribution in [-0.2, 0) is 0 Å². The number of hydrogen-bond donors (Lipinski definition) is 1.